The SMILES string of the molecule is CCC1NC(C)CCC1OCC(=O)NC1CCCCC1. The van der Waals surface area contributed by atoms with E-state index in [4.69, 9.17) is 4.74 Å². The van der Waals surface area contributed by atoms with E-state index in [1.165, 1.54) is 19.3 Å². The molecule has 0 bridgehead atoms. The Morgan fingerprint density at radius 3 is 2.65 bits per heavy atom. The molecule has 0 aromatic rings. The Kier molecular flexibility index (Phi) is 6.30. The first-order valence-electron chi connectivity index (χ1n) is 8.36. The molecule has 1 aliphatic heterocycles. The average molecular weight is 282 g/mol. The van der Waals surface area contributed by atoms with Crippen molar-refractivity contribution in [2.45, 2.75) is 89.4 Å². The first-order chi connectivity index (χ1) is 9.69. The summed E-state index contributed by atoms with van der Waals surface area (Å²) in [5, 5.41) is 6.68. The minimum atomic E-state index is 0.0605. The number of amides is 1. The molecule has 0 aromatic heterocycles. The molecule has 2 fully saturated rings. The van der Waals surface area contributed by atoms with Gasteiger partial charge in [0.25, 0.3) is 0 Å². The first-order valence-corrected chi connectivity index (χ1v) is 8.36. The number of piperidine rings is 1. The van der Waals surface area contributed by atoms with E-state index in [2.05, 4.69) is 24.5 Å². The molecule has 20 heavy (non-hydrogen) atoms. The Morgan fingerprint density at radius 1 is 1.20 bits per heavy atom. The van der Waals surface area contributed by atoms with Crippen molar-refractivity contribution >= 4 is 5.91 Å². The molecule has 1 heterocycles. The molecule has 1 aliphatic carbocycles. The zero-order valence-electron chi connectivity index (χ0n) is 13.0. The summed E-state index contributed by atoms with van der Waals surface area (Å²) in [5.41, 5.74) is 0. The summed E-state index contributed by atoms with van der Waals surface area (Å²) >= 11 is 0. The van der Waals surface area contributed by atoms with Crippen LogP contribution >= 0.6 is 0 Å². The maximum atomic E-state index is 12.0. The topological polar surface area (TPSA) is 50.4 Å². The molecule has 2 rings (SSSR count). The molecule has 0 spiro atoms. The lowest BCUT2D eigenvalue weighted by atomic mass is 9.95. The predicted octanol–water partition coefficient (Wildman–Crippen LogP) is 2.37. The number of carbonyl (C=O) groups is 1. The van der Waals surface area contributed by atoms with Crippen molar-refractivity contribution in [1.82, 2.24) is 10.6 Å². The van der Waals surface area contributed by atoms with Gasteiger partial charge in [-0.15, -0.1) is 0 Å². The molecule has 116 valence electrons. The molecule has 1 saturated heterocycles. The van der Waals surface area contributed by atoms with Gasteiger partial charge in [-0.3, -0.25) is 4.79 Å². The van der Waals surface area contributed by atoms with Gasteiger partial charge in [-0.2, -0.15) is 0 Å². The number of rotatable bonds is 5. The third-order valence-corrected chi connectivity index (χ3v) is 4.67. The highest BCUT2D eigenvalue weighted by molar-refractivity contribution is 5.77. The maximum absolute atomic E-state index is 12.0. The van der Waals surface area contributed by atoms with Gasteiger partial charge in [0.05, 0.1) is 6.10 Å². The Bertz CT molecular complexity index is 303. The summed E-state index contributed by atoms with van der Waals surface area (Å²) < 4.78 is 5.86. The van der Waals surface area contributed by atoms with Gasteiger partial charge in [-0.25, -0.2) is 0 Å². The van der Waals surface area contributed by atoms with Crippen LogP contribution in [0.1, 0.15) is 65.2 Å². The monoisotopic (exact) mass is 282 g/mol. The van der Waals surface area contributed by atoms with Crippen molar-refractivity contribution in [2.24, 2.45) is 0 Å². The van der Waals surface area contributed by atoms with Gasteiger partial charge in [0.15, 0.2) is 0 Å². The summed E-state index contributed by atoms with van der Waals surface area (Å²) in [6.45, 7) is 4.61. The van der Waals surface area contributed by atoms with Gasteiger partial charge < -0.3 is 15.4 Å². The summed E-state index contributed by atoms with van der Waals surface area (Å²) in [7, 11) is 0. The molecule has 2 aliphatic rings. The molecular weight excluding hydrogens is 252 g/mol. The molecule has 1 amide bonds. The van der Waals surface area contributed by atoms with Crippen LogP contribution in [-0.2, 0) is 9.53 Å². The van der Waals surface area contributed by atoms with E-state index >= 15 is 0 Å². The third-order valence-electron chi connectivity index (χ3n) is 4.67. The number of nitrogens with one attached hydrogen (secondary N) is 2. The van der Waals surface area contributed by atoms with Gasteiger partial charge in [0.1, 0.15) is 6.61 Å². The van der Waals surface area contributed by atoms with Gasteiger partial charge >= 0.3 is 0 Å². The lowest BCUT2D eigenvalue weighted by molar-refractivity contribution is -0.130. The fourth-order valence-electron chi connectivity index (χ4n) is 3.45. The fraction of sp³-hybridized carbons (Fsp3) is 0.938. The molecule has 4 heteroatoms. The van der Waals surface area contributed by atoms with Crippen LogP contribution in [0.5, 0.6) is 0 Å². The molecule has 0 radical (unpaired) electrons. The van der Waals surface area contributed by atoms with Gasteiger partial charge in [0, 0.05) is 18.1 Å². The minimum absolute atomic E-state index is 0.0605. The quantitative estimate of drug-likeness (QED) is 0.814. The summed E-state index contributed by atoms with van der Waals surface area (Å²) in [5.74, 6) is 0.0605. The molecule has 1 saturated carbocycles. The highest BCUT2D eigenvalue weighted by atomic mass is 16.5. The normalized spacial score (nSPS) is 32.0. The number of ether oxygens (including phenoxy) is 1. The number of carbonyl (C=O) groups excluding carboxylic acids is 1. The van der Waals surface area contributed by atoms with Gasteiger partial charge in [0.2, 0.25) is 5.91 Å². The largest absolute Gasteiger partial charge is 0.367 e. The second kappa shape index (κ2) is 7.99. The lowest BCUT2D eigenvalue weighted by Crippen LogP contribution is -2.50. The fourth-order valence-corrected chi connectivity index (χ4v) is 3.45. The zero-order chi connectivity index (χ0) is 14.4. The Balaban J connectivity index is 1.69. The standard InChI is InChI=1S/C16H30N2O2/c1-3-14-15(10-9-12(2)17-14)20-11-16(19)18-13-7-5-4-6-8-13/h12-15,17H,3-11H2,1-2H3,(H,18,19). The van der Waals surface area contributed by atoms with Crippen LogP contribution in [0.25, 0.3) is 0 Å². The van der Waals surface area contributed by atoms with Crippen molar-refractivity contribution < 1.29 is 9.53 Å². The first kappa shape index (κ1) is 15.8. The summed E-state index contributed by atoms with van der Waals surface area (Å²) in [6.07, 6.45) is 9.49. The van der Waals surface area contributed by atoms with Crippen molar-refractivity contribution in [3.05, 3.63) is 0 Å². The molecule has 3 unspecified atom stereocenters. The second-order valence-corrected chi connectivity index (χ2v) is 6.41. The third kappa shape index (κ3) is 4.74. The van der Waals surface area contributed by atoms with E-state index in [1.54, 1.807) is 0 Å². The molecule has 0 aromatic carbocycles. The maximum Gasteiger partial charge on any atom is 0.246 e. The molecular formula is C16H30N2O2. The van der Waals surface area contributed by atoms with E-state index in [1.807, 2.05) is 0 Å². The highest BCUT2D eigenvalue weighted by Gasteiger charge is 2.28. The highest BCUT2D eigenvalue weighted by Crippen LogP contribution is 2.19. The van der Waals surface area contributed by atoms with E-state index < -0.39 is 0 Å². The Morgan fingerprint density at radius 2 is 1.95 bits per heavy atom. The molecule has 3 atom stereocenters. The van der Waals surface area contributed by atoms with Crippen LogP contribution < -0.4 is 10.6 Å². The summed E-state index contributed by atoms with van der Waals surface area (Å²) in [6, 6.07) is 1.34. The van der Waals surface area contributed by atoms with E-state index in [-0.39, 0.29) is 18.6 Å². The van der Waals surface area contributed by atoms with Crippen LogP contribution in [0.2, 0.25) is 0 Å². The van der Waals surface area contributed by atoms with Crippen LogP contribution in [0.4, 0.5) is 0 Å². The zero-order valence-corrected chi connectivity index (χ0v) is 13.0. The van der Waals surface area contributed by atoms with E-state index in [9.17, 15) is 4.79 Å². The molecule has 4 nitrogen and oxygen atoms in total. The number of hydrogen-bond acceptors (Lipinski definition) is 3. The molecule has 2 N–H and O–H groups in total. The Labute approximate surface area is 123 Å². The smallest absolute Gasteiger partial charge is 0.246 e. The van der Waals surface area contributed by atoms with Gasteiger partial charge in [-0.1, -0.05) is 26.2 Å². The Hall–Kier alpha value is -0.610. The van der Waals surface area contributed by atoms with Crippen molar-refractivity contribution in [1.29, 1.82) is 0 Å². The summed E-state index contributed by atoms with van der Waals surface area (Å²) in [4.78, 5) is 12.0. The van der Waals surface area contributed by atoms with Crippen LogP contribution in [0, 0.1) is 0 Å². The van der Waals surface area contributed by atoms with Crippen molar-refractivity contribution in [3.8, 4) is 0 Å². The van der Waals surface area contributed by atoms with Crippen LogP contribution in [-0.4, -0.2) is 36.7 Å². The van der Waals surface area contributed by atoms with Crippen LogP contribution in [0.3, 0.4) is 0 Å². The number of hydrogen-bond donors (Lipinski definition) is 2. The average Bonchev–Trinajstić information content (AvgIpc) is 2.47. The van der Waals surface area contributed by atoms with Gasteiger partial charge in [-0.05, 0) is 39.0 Å². The van der Waals surface area contributed by atoms with Crippen LogP contribution in [0.15, 0.2) is 0 Å². The van der Waals surface area contributed by atoms with Crippen molar-refractivity contribution in [2.75, 3.05) is 6.61 Å². The van der Waals surface area contributed by atoms with E-state index in [0.717, 1.165) is 32.1 Å². The lowest BCUT2D eigenvalue weighted by Gasteiger charge is -2.35. The van der Waals surface area contributed by atoms with Crippen molar-refractivity contribution in [3.63, 3.8) is 0 Å². The predicted molar refractivity (Wildman–Crippen MR) is 80.7 cm³/mol. The van der Waals surface area contributed by atoms with E-state index in [0.29, 0.717) is 18.1 Å². The minimum Gasteiger partial charge on any atom is -0.367 e. The second-order valence-electron chi connectivity index (χ2n) is 6.41.